The Morgan fingerprint density at radius 3 is 2.37 bits per heavy atom. The van der Waals surface area contributed by atoms with Crippen LogP contribution in [0.3, 0.4) is 0 Å². The highest BCUT2D eigenvalue weighted by molar-refractivity contribution is 7.12. The van der Waals surface area contributed by atoms with Gasteiger partial charge in [0.1, 0.15) is 12.1 Å². The van der Waals surface area contributed by atoms with Gasteiger partial charge in [-0.3, -0.25) is 28.8 Å². The van der Waals surface area contributed by atoms with Crippen LogP contribution in [0.4, 0.5) is 0 Å². The van der Waals surface area contributed by atoms with E-state index in [4.69, 9.17) is 0 Å². The van der Waals surface area contributed by atoms with E-state index < -0.39 is 47.5 Å². The first-order valence-electron chi connectivity index (χ1n) is 15.4. The Balaban J connectivity index is 1.35. The normalized spacial score (nSPS) is 20.3. The number of Topliss-reactive ketones (excluding diaryl/α,β-unsaturated/α-hetero) is 1. The lowest BCUT2D eigenvalue weighted by Crippen LogP contribution is -2.56. The van der Waals surface area contributed by atoms with Gasteiger partial charge in [0.2, 0.25) is 23.5 Å². The van der Waals surface area contributed by atoms with Gasteiger partial charge in [-0.25, -0.2) is 0 Å². The molecule has 3 atom stereocenters. The lowest BCUT2D eigenvalue weighted by atomic mass is 9.80. The average molecular weight is 614 g/mol. The fourth-order valence-corrected chi connectivity index (χ4v) is 6.80. The van der Waals surface area contributed by atoms with E-state index in [0.717, 1.165) is 51.4 Å². The van der Waals surface area contributed by atoms with Crippen LogP contribution in [-0.2, 0) is 24.0 Å². The Labute approximate surface area is 256 Å². The second kappa shape index (κ2) is 15.8. The number of hydrogen-bond donors (Lipinski definition) is 4. The van der Waals surface area contributed by atoms with Gasteiger partial charge in [0, 0.05) is 13.1 Å². The van der Waals surface area contributed by atoms with Crippen LogP contribution in [0.25, 0.3) is 0 Å². The van der Waals surface area contributed by atoms with E-state index in [1.807, 2.05) is 0 Å². The Bertz CT molecular complexity index is 1180. The van der Waals surface area contributed by atoms with Crippen LogP contribution >= 0.6 is 11.3 Å². The lowest BCUT2D eigenvalue weighted by molar-refractivity contribution is -0.142. The number of nitrogens with one attached hydrogen (secondary N) is 4. The highest BCUT2D eigenvalue weighted by atomic mass is 32.1. The van der Waals surface area contributed by atoms with Crippen LogP contribution in [0, 0.1) is 11.8 Å². The predicted octanol–water partition coefficient (Wildman–Crippen LogP) is 2.08. The van der Waals surface area contributed by atoms with Crippen molar-refractivity contribution in [3.05, 3.63) is 35.0 Å². The van der Waals surface area contributed by atoms with Gasteiger partial charge in [-0.2, -0.15) is 0 Å². The molecule has 0 bridgehead atoms. The number of carbonyl (C=O) groups is 6. The maximum absolute atomic E-state index is 13.3. The minimum Gasteiger partial charge on any atom is -0.346 e. The Morgan fingerprint density at radius 1 is 0.953 bits per heavy atom. The second-order valence-corrected chi connectivity index (χ2v) is 12.7. The van der Waals surface area contributed by atoms with Crippen LogP contribution in [0.2, 0.25) is 0 Å². The van der Waals surface area contributed by atoms with Crippen molar-refractivity contribution in [3.8, 4) is 0 Å². The number of carbonyl (C=O) groups excluding carboxylic acids is 6. The second-order valence-electron chi connectivity index (χ2n) is 11.7. The molecular weight excluding hydrogens is 570 g/mol. The molecule has 11 nitrogen and oxygen atoms in total. The zero-order chi connectivity index (χ0) is 30.8. The molecule has 3 fully saturated rings. The van der Waals surface area contributed by atoms with Crippen molar-refractivity contribution in [3.63, 3.8) is 0 Å². The summed E-state index contributed by atoms with van der Waals surface area (Å²) in [5.74, 6) is -2.86. The van der Waals surface area contributed by atoms with Crippen LogP contribution in [0.1, 0.15) is 80.3 Å². The van der Waals surface area contributed by atoms with Crippen molar-refractivity contribution >= 4 is 46.7 Å². The number of likely N-dealkylation sites (tertiary alicyclic amines) is 1. The highest BCUT2D eigenvalue weighted by Gasteiger charge is 2.38. The highest BCUT2D eigenvalue weighted by Crippen LogP contribution is 2.31. The fourth-order valence-electron chi connectivity index (χ4n) is 6.17. The van der Waals surface area contributed by atoms with Crippen molar-refractivity contribution in [2.24, 2.45) is 11.8 Å². The first kappa shape index (κ1) is 32.4. The monoisotopic (exact) mass is 613 g/mol. The van der Waals surface area contributed by atoms with Crippen LogP contribution in [0.15, 0.2) is 30.2 Å². The van der Waals surface area contributed by atoms with E-state index in [1.165, 1.54) is 22.3 Å². The number of thiophene rings is 1. The standard InChI is InChI=1S/C31H43N5O6S/c1-2-15-32-31(42)27(38)22(18-20-9-6-10-20)34-28(39)23-13-7-16-36(23)25(37)19-33-30(41)26(21-11-4-3-5-12-21)35-29(40)24-14-8-17-43-24/h2,8,14,17,20-23,26H,1,3-7,9-13,15-16,18-19H2,(H,32,42)(H,33,41)(H,34,39)(H,35,40). The third-order valence-corrected chi connectivity index (χ3v) is 9.65. The molecule has 1 aromatic rings. The zero-order valence-electron chi connectivity index (χ0n) is 24.6. The summed E-state index contributed by atoms with van der Waals surface area (Å²) in [5.41, 5.74) is 0. The van der Waals surface area contributed by atoms with Gasteiger partial charge in [0.25, 0.3) is 11.8 Å². The van der Waals surface area contributed by atoms with Crippen molar-refractivity contribution in [2.75, 3.05) is 19.6 Å². The third kappa shape index (κ3) is 8.75. The molecule has 12 heteroatoms. The summed E-state index contributed by atoms with van der Waals surface area (Å²) in [6.07, 6.45) is 10.5. The molecule has 0 radical (unpaired) electrons. The van der Waals surface area contributed by atoms with Gasteiger partial charge in [-0.1, -0.05) is 50.7 Å². The van der Waals surface area contributed by atoms with E-state index in [1.54, 1.807) is 17.5 Å². The van der Waals surface area contributed by atoms with Gasteiger partial charge in [-0.15, -0.1) is 17.9 Å². The largest absolute Gasteiger partial charge is 0.346 e. The molecule has 1 aromatic heterocycles. The van der Waals surface area contributed by atoms with Crippen molar-refractivity contribution in [2.45, 2.75) is 88.8 Å². The molecule has 0 aromatic carbocycles. The quantitative estimate of drug-likeness (QED) is 0.186. The molecule has 43 heavy (non-hydrogen) atoms. The van der Waals surface area contributed by atoms with Crippen LogP contribution < -0.4 is 21.3 Å². The van der Waals surface area contributed by atoms with Gasteiger partial charge in [-0.05, 0) is 55.4 Å². The molecule has 0 spiro atoms. The molecule has 1 aliphatic heterocycles. The number of rotatable bonds is 14. The van der Waals surface area contributed by atoms with E-state index in [0.29, 0.717) is 30.7 Å². The summed E-state index contributed by atoms with van der Waals surface area (Å²) in [4.78, 5) is 79.9. The predicted molar refractivity (Wildman–Crippen MR) is 162 cm³/mol. The Hall–Kier alpha value is -3.54. The van der Waals surface area contributed by atoms with Crippen LogP contribution in [-0.4, -0.2) is 78.0 Å². The molecule has 1 saturated heterocycles. The third-order valence-electron chi connectivity index (χ3n) is 8.78. The number of nitrogens with zero attached hydrogens (tertiary/aromatic N) is 1. The maximum atomic E-state index is 13.3. The summed E-state index contributed by atoms with van der Waals surface area (Å²) in [6, 6.07) is 0.953. The van der Waals surface area contributed by atoms with Gasteiger partial charge in [0.15, 0.2) is 0 Å². The summed E-state index contributed by atoms with van der Waals surface area (Å²) >= 11 is 1.30. The molecular formula is C31H43N5O6S. The number of amides is 5. The van der Waals surface area contributed by atoms with E-state index in [9.17, 15) is 28.8 Å². The van der Waals surface area contributed by atoms with Gasteiger partial charge < -0.3 is 26.2 Å². The van der Waals surface area contributed by atoms with Crippen molar-refractivity contribution in [1.29, 1.82) is 0 Å². The van der Waals surface area contributed by atoms with E-state index >= 15 is 0 Å². The summed E-state index contributed by atoms with van der Waals surface area (Å²) < 4.78 is 0. The van der Waals surface area contributed by atoms with Gasteiger partial charge in [0.05, 0.1) is 17.5 Å². The Morgan fingerprint density at radius 2 is 1.72 bits per heavy atom. The smallest absolute Gasteiger partial charge is 0.289 e. The summed E-state index contributed by atoms with van der Waals surface area (Å²) in [7, 11) is 0. The summed E-state index contributed by atoms with van der Waals surface area (Å²) in [5, 5.41) is 12.6. The van der Waals surface area contributed by atoms with Crippen molar-refractivity contribution in [1.82, 2.24) is 26.2 Å². The summed E-state index contributed by atoms with van der Waals surface area (Å²) in [6.45, 7) is 3.71. The topological polar surface area (TPSA) is 154 Å². The SMILES string of the molecule is C=CCNC(=O)C(=O)C(CC1CCC1)NC(=O)C1CCCN1C(=O)CNC(=O)C(NC(=O)c1cccs1)C1CCCCC1. The van der Waals surface area contributed by atoms with Crippen LogP contribution in [0.5, 0.6) is 0 Å². The Kier molecular flexibility index (Phi) is 11.9. The van der Waals surface area contributed by atoms with Crippen molar-refractivity contribution < 1.29 is 28.8 Å². The molecule has 4 rings (SSSR count). The first-order valence-corrected chi connectivity index (χ1v) is 16.3. The molecule has 4 N–H and O–H groups in total. The average Bonchev–Trinajstić information content (AvgIpc) is 3.71. The minimum atomic E-state index is -0.969. The van der Waals surface area contributed by atoms with E-state index in [2.05, 4.69) is 27.8 Å². The number of hydrogen-bond acceptors (Lipinski definition) is 7. The molecule has 2 saturated carbocycles. The zero-order valence-corrected chi connectivity index (χ0v) is 25.4. The van der Waals surface area contributed by atoms with Gasteiger partial charge >= 0.3 is 0 Å². The maximum Gasteiger partial charge on any atom is 0.289 e. The lowest BCUT2D eigenvalue weighted by Gasteiger charge is -2.31. The molecule has 5 amide bonds. The molecule has 2 heterocycles. The molecule has 3 unspecified atom stereocenters. The molecule has 234 valence electrons. The van der Waals surface area contributed by atoms with E-state index in [-0.39, 0.29) is 30.8 Å². The number of ketones is 1. The fraction of sp³-hybridized carbons (Fsp3) is 0.613. The minimum absolute atomic E-state index is 0.0214. The molecule has 3 aliphatic rings. The first-order chi connectivity index (χ1) is 20.8. The molecule has 2 aliphatic carbocycles.